The highest BCUT2D eigenvalue weighted by atomic mass is 16.5. The van der Waals surface area contributed by atoms with Crippen molar-refractivity contribution in [2.75, 3.05) is 39.4 Å². The highest BCUT2D eigenvalue weighted by Crippen LogP contribution is 2.13. The molecule has 2 aliphatic rings. The van der Waals surface area contributed by atoms with Crippen molar-refractivity contribution in [2.24, 2.45) is 5.92 Å². The molecule has 2 N–H and O–H groups in total. The maximum atomic E-state index is 12.0. The largest absolute Gasteiger partial charge is 0.378 e. The molecule has 0 aromatic carbocycles. The zero-order chi connectivity index (χ0) is 9.80. The number of hydrogen-bond donors (Lipinski definition) is 1. The van der Waals surface area contributed by atoms with Gasteiger partial charge in [0.2, 0.25) is 5.91 Å². The number of piperidine rings is 1. The first-order valence-corrected chi connectivity index (χ1v) is 5.56. The second-order valence-electron chi connectivity index (χ2n) is 4.08. The van der Waals surface area contributed by atoms with Crippen LogP contribution in [-0.4, -0.2) is 50.2 Å². The Bertz CT molecular complexity index is 176. The third kappa shape index (κ3) is 2.25. The van der Waals surface area contributed by atoms with E-state index >= 15 is 0 Å². The van der Waals surface area contributed by atoms with Gasteiger partial charge in [0, 0.05) is 31.8 Å². The number of carbonyl (C=O) groups excluding carboxylic acids is 1. The molecule has 0 saturated carbocycles. The summed E-state index contributed by atoms with van der Waals surface area (Å²) in [5, 5.41) is 2.29. The lowest BCUT2D eigenvalue weighted by Crippen LogP contribution is -2.86. The van der Waals surface area contributed by atoms with E-state index in [1.54, 1.807) is 0 Å². The molecular formula is C10H19N2O2+. The molecule has 0 spiro atoms. The first-order valence-electron chi connectivity index (χ1n) is 5.56. The quantitative estimate of drug-likeness (QED) is 0.578. The lowest BCUT2D eigenvalue weighted by molar-refractivity contribution is -0.664. The van der Waals surface area contributed by atoms with Crippen LogP contribution in [0.1, 0.15) is 12.8 Å². The standard InChI is InChI=1S/C10H18N2O2/c13-10(9-1-3-11-4-2-9)12-5-7-14-8-6-12/h9,11H,1-8H2/p+1. The van der Waals surface area contributed by atoms with Crippen LogP contribution >= 0.6 is 0 Å². The van der Waals surface area contributed by atoms with E-state index in [1.807, 2.05) is 4.90 Å². The van der Waals surface area contributed by atoms with Gasteiger partial charge in [-0.05, 0) is 0 Å². The van der Waals surface area contributed by atoms with Gasteiger partial charge in [-0.3, -0.25) is 4.79 Å². The molecule has 4 nitrogen and oxygen atoms in total. The summed E-state index contributed by atoms with van der Waals surface area (Å²) in [7, 11) is 0. The van der Waals surface area contributed by atoms with Crippen LogP contribution in [0.3, 0.4) is 0 Å². The van der Waals surface area contributed by atoms with Crippen LogP contribution in [0.25, 0.3) is 0 Å². The molecule has 1 amide bonds. The molecule has 0 bridgehead atoms. The van der Waals surface area contributed by atoms with Crippen molar-refractivity contribution >= 4 is 5.91 Å². The lowest BCUT2D eigenvalue weighted by atomic mass is 9.96. The maximum Gasteiger partial charge on any atom is 0.226 e. The van der Waals surface area contributed by atoms with E-state index in [-0.39, 0.29) is 5.92 Å². The fraction of sp³-hybridized carbons (Fsp3) is 0.900. The van der Waals surface area contributed by atoms with Gasteiger partial charge in [-0.25, -0.2) is 0 Å². The van der Waals surface area contributed by atoms with Crippen LogP contribution in [0.4, 0.5) is 0 Å². The summed E-state index contributed by atoms with van der Waals surface area (Å²) in [5.41, 5.74) is 0. The summed E-state index contributed by atoms with van der Waals surface area (Å²) in [5.74, 6) is 0.652. The van der Waals surface area contributed by atoms with Crippen molar-refractivity contribution in [3.05, 3.63) is 0 Å². The predicted molar refractivity (Wildman–Crippen MR) is 51.8 cm³/mol. The van der Waals surface area contributed by atoms with Crippen molar-refractivity contribution < 1.29 is 14.8 Å². The summed E-state index contributed by atoms with van der Waals surface area (Å²) < 4.78 is 5.24. The maximum absolute atomic E-state index is 12.0. The molecule has 2 aliphatic heterocycles. The van der Waals surface area contributed by atoms with Crippen LogP contribution in [0.2, 0.25) is 0 Å². The van der Waals surface area contributed by atoms with E-state index in [0.29, 0.717) is 19.1 Å². The molecule has 0 aromatic heterocycles. The number of carbonyl (C=O) groups is 1. The third-order valence-electron chi connectivity index (χ3n) is 3.11. The van der Waals surface area contributed by atoms with Gasteiger partial charge in [-0.2, -0.15) is 0 Å². The van der Waals surface area contributed by atoms with E-state index in [1.165, 1.54) is 0 Å². The van der Waals surface area contributed by atoms with E-state index in [4.69, 9.17) is 4.74 Å². The average Bonchev–Trinajstić information content (AvgIpc) is 2.30. The van der Waals surface area contributed by atoms with E-state index < -0.39 is 0 Å². The average molecular weight is 199 g/mol. The second kappa shape index (κ2) is 4.75. The Morgan fingerprint density at radius 3 is 2.50 bits per heavy atom. The van der Waals surface area contributed by atoms with E-state index in [0.717, 1.165) is 39.0 Å². The minimum Gasteiger partial charge on any atom is -0.378 e. The molecule has 2 heterocycles. The topological polar surface area (TPSA) is 46.2 Å². The van der Waals surface area contributed by atoms with Crippen molar-refractivity contribution in [3.63, 3.8) is 0 Å². The Labute approximate surface area is 84.6 Å². The first-order chi connectivity index (χ1) is 6.88. The molecular weight excluding hydrogens is 180 g/mol. The SMILES string of the molecule is O=C(C1CC[NH2+]CC1)N1CCOCC1. The van der Waals surface area contributed by atoms with Gasteiger partial charge in [0.1, 0.15) is 0 Å². The molecule has 2 saturated heterocycles. The summed E-state index contributed by atoms with van der Waals surface area (Å²) in [6.07, 6.45) is 2.10. The molecule has 2 fully saturated rings. The van der Waals surface area contributed by atoms with Crippen LogP contribution in [0.15, 0.2) is 0 Å². The van der Waals surface area contributed by atoms with Crippen LogP contribution in [0, 0.1) is 5.92 Å². The third-order valence-corrected chi connectivity index (χ3v) is 3.11. The smallest absolute Gasteiger partial charge is 0.226 e. The number of hydrogen-bond acceptors (Lipinski definition) is 2. The number of ether oxygens (including phenoxy) is 1. The number of nitrogens with two attached hydrogens (primary N) is 1. The Balaban J connectivity index is 1.85. The molecule has 14 heavy (non-hydrogen) atoms. The Morgan fingerprint density at radius 2 is 1.86 bits per heavy atom. The Kier molecular flexibility index (Phi) is 3.37. The highest BCUT2D eigenvalue weighted by Gasteiger charge is 2.27. The minimum atomic E-state index is 0.290. The van der Waals surface area contributed by atoms with Crippen molar-refractivity contribution in [1.29, 1.82) is 0 Å². The lowest BCUT2D eigenvalue weighted by Gasteiger charge is -2.31. The Hall–Kier alpha value is -0.610. The predicted octanol–water partition coefficient (Wildman–Crippen LogP) is -1.18. The number of nitrogens with zero attached hydrogens (tertiary/aromatic N) is 1. The minimum absolute atomic E-state index is 0.290. The van der Waals surface area contributed by atoms with Crippen LogP contribution < -0.4 is 5.32 Å². The van der Waals surface area contributed by atoms with Crippen molar-refractivity contribution in [3.8, 4) is 0 Å². The molecule has 0 unspecified atom stereocenters. The monoisotopic (exact) mass is 199 g/mol. The van der Waals surface area contributed by atoms with Gasteiger partial charge >= 0.3 is 0 Å². The molecule has 2 rings (SSSR count). The molecule has 0 radical (unpaired) electrons. The summed E-state index contributed by atoms with van der Waals surface area (Å²) in [4.78, 5) is 14.0. The number of quaternary nitrogens is 1. The molecule has 4 heteroatoms. The molecule has 0 aromatic rings. The van der Waals surface area contributed by atoms with Gasteiger partial charge in [0.25, 0.3) is 0 Å². The first kappa shape index (κ1) is 9.93. The number of amides is 1. The zero-order valence-corrected chi connectivity index (χ0v) is 8.58. The van der Waals surface area contributed by atoms with Crippen molar-refractivity contribution in [1.82, 2.24) is 4.90 Å². The zero-order valence-electron chi connectivity index (χ0n) is 8.58. The van der Waals surface area contributed by atoms with Crippen LogP contribution in [0.5, 0.6) is 0 Å². The summed E-state index contributed by atoms with van der Waals surface area (Å²) >= 11 is 0. The summed E-state index contributed by atoms with van der Waals surface area (Å²) in [6, 6.07) is 0. The van der Waals surface area contributed by atoms with Gasteiger partial charge in [-0.15, -0.1) is 0 Å². The van der Waals surface area contributed by atoms with Gasteiger partial charge in [0.15, 0.2) is 0 Å². The van der Waals surface area contributed by atoms with E-state index in [9.17, 15) is 4.79 Å². The Morgan fingerprint density at radius 1 is 1.21 bits per heavy atom. The second-order valence-corrected chi connectivity index (χ2v) is 4.08. The normalized spacial score (nSPS) is 25.0. The molecule has 0 atom stereocenters. The van der Waals surface area contributed by atoms with E-state index in [2.05, 4.69) is 5.32 Å². The van der Waals surface area contributed by atoms with Crippen molar-refractivity contribution in [2.45, 2.75) is 12.8 Å². The fourth-order valence-electron chi connectivity index (χ4n) is 2.22. The number of morpholine rings is 1. The highest BCUT2D eigenvalue weighted by molar-refractivity contribution is 5.79. The molecule has 0 aliphatic carbocycles. The number of rotatable bonds is 1. The van der Waals surface area contributed by atoms with Gasteiger partial charge in [-0.1, -0.05) is 0 Å². The fourth-order valence-corrected chi connectivity index (χ4v) is 2.22. The van der Waals surface area contributed by atoms with Gasteiger partial charge in [0.05, 0.1) is 26.3 Å². The van der Waals surface area contributed by atoms with Gasteiger partial charge < -0.3 is 15.0 Å². The van der Waals surface area contributed by atoms with Crippen LogP contribution in [-0.2, 0) is 9.53 Å². The summed E-state index contributed by atoms with van der Waals surface area (Å²) in [6.45, 7) is 5.23. The molecule has 80 valence electrons.